The lowest BCUT2D eigenvalue weighted by Crippen LogP contribution is -2.14. The van der Waals surface area contributed by atoms with Crippen molar-refractivity contribution in [3.8, 4) is 10.8 Å². The summed E-state index contributed by atoms with van der Waals surface area (Å²) in [5.41, 5.74) is 1.56. The molecular formula is C17H15N3O3S. The van der Waals surface area contributed by atoms with E-state index in [0.717, 1.165) is 4.88 Å². The summed E-state index contributed by atoms with van der Waals surface area (Å²) >= 11 is 1.40. The molecule has 0 spiro atoms. The molecular weight excluding hydrogens is 326 g/mol. The highest BCUT2D eigenvalue weighted by molar-refractivity contribution is 7.15. The number of carbonyl (C=O) groups is 2. The molecule has 0 saturated heterocycles. The molecule has 0 radical (unpaired) electrons. The van der Waals surface area contributed by atoms with Crippen molar-refractivity contribution in [3.05, 3.63) is 53.2 Å². The predicted molar refractivity (Wildman–Crippen MR) is 93.3 cm³/mol. The minimum atomic E-state index is -0.304. The van der Waals surface area contributed by atoms with Gasteiger partial charge in [-0.3, -0.25) is 9.59 Å². The number of rotatable bonds is 4. The Kier molecular flexibility index (Phi) is 4.43. The highest BCUT2D eigenvalue weighted by atomic mass is 32.1. The van der Waals surface area contributed by atoms with E-state index >= 15 is 0 Å². The largest absolute Gasteiger partial charge is 0.462 e. The molecule has 3 rings (SSSR count). The van der Waals surface area contributed by atoms with E-state index in [4.69, 9.17) is 4.42 Å². The van der Waals surface area contributed by atoms with Gasteiger partial charge in [-0.25, -0.2) is 4.98 Å². The first kappa shape index (κ1) is 15.9. The van der Waals surface area contributed by atoms with Crippen LogP contribution in [0.15, 0.2) is 47.1 Å². The van der Waals surface area contributed by atoms with Crippen molar-refractivity contribution < 1.29 is 14.0 Å². The fourth-order valence-electron chi connectivity index (χ4n) is 2.18. The summed E-state index contributed by atoms with van der Waals surface area (Å²) in [5, 5.41) is 6.13. The van der Waals surface area contributed by atoms with Gasteiger partial charge in [0.2, 0.25) is 5.91 Å². The lowest BCUT2D eigenvalue weighted by molar-refractivity contribution is -0.114. The van der Waals surface area contributed by atoms with Crippen LogP contribution in [0.2, 0.25) is 0 Å². The number of aryl methyl sites for hydroxylation is 1. The van der Waals surface area contributed by atoms with Gasteiger partial charge in [-0.05, 0) is 37.3 Å². The maximum absolute atomic E-state index is 12.5. The molecule has 0 aliphatic heterocycles. The van der Waals surface area contributed by atoms with Crippen LogP contribution in [0.25, 0.3) is 10.8 Å². The van der Waals surface area contributed by atoms with E-state index < -0.39 is 0 Å². The molecule has 0 saturated carbocycles. The van der Waals surface area contributed by atoms with Crippen LogP contribution in [0.5, 0.6) is 0 Å². The highest BCUT2D eigenvalue weighted by Crippen LogP contribution is 2.28. The van der Waals surface area contributed by atoms with Crippen LogP contribution in [0.4, 0.5) is 11.4 Å². The monoisotopic (exact) mass is 341 g/mol. The molecule has 0 bridgehead atoms. The van der Waals surface area contributed by atoms with E-state index in [2.05, 4.69) is 15.6 Å². The first-order valence-electron chi connectivity index (χ1n) is 7.23. The Morgan fingerprint density at radius 1 is 1.12 bits per heavy atom. The maximum Gasteiger partial charge on any atom is 0.275 e. The van der Waals surface area contributed by atoms with Crippen molar-refractivity contribution in [2.24, 2.45) is 0 Å². The predicted octanol–water partition coefficient (Wildman–Crippen LogP) is 3.92. The molecule has 3 aromatic rings. The van der Waals surface area contributed by atoms with Gasteiger partial charge in [0.25, 0.3) is 5.91 Å². The van der Waals surface area contributed by atoms with Crippen molar-refractivity contribution in [3.63, 3.8) is 0 Å². The average Bonchev–Trinajstić information content (AvgIpc) is 3.16. The van der Waals surface area contributed by atoms with Gasteiger partial charge in [0.05, 0.1) is 6.26 Å². The fraction of sp³-hybridized carbons (Fsp3) is 0.118. The second-order valence-corrected chi connectivity index (χ2v) is 6.32. The number of carbonyl (C=O) groups excluding carboxylic acids is 2. The van der Waals surface area contributed by atoms with Crippen molar-refractivity contribution in [1.82, 2.24) is 4.98 Å². The van der Waals surface area contributed by atoms with Crippen molar-refractivity contribution in [2.75, 3.05) is 10.6 Å². The minimum Gasteiger partial charge on any atom is -0.462 e. The number of hydrogen-bond donors (Lipinski definition) is 2. The third-order valence-corrected chi connectivity index (χ3v) is 4.17. The number of benzene rings is 1. The number of nitrogens with one attached hydrogen (secondary N) is 2. The topological polar surface area (TPSA) is 84.2 Å². The molecule has 1 aromatic carbocycles. The SMILES string of the molecule is CC(=O)Nc1cccc(NC(=O)c2nc(-c3ccco3)sc2C)c1. The Morgan fingerprint density at radius 3 is 2.54 bits per heavy atom. The molecule has 0 atom stereocenters. The second kappa shape index (κ2) is 6.67. The van der Waals surface area contributed by atoms with E-state index in [0.29, 0.717) is 27.8 Å². The van der Waals surface area contributed by atoms with Crippen molar-refractivity contribution in [2.45, 2.75) is 13.8 Å². The summed E-state index contributed by atoms with van der Waals surface area (Å²) < 4.78 is 5.31. The molecule has 2 aromatic heterocycles. The summed E-state index contributed by atoms with van der Waals surface area (Å²) in [6.45, 7) is 3.27. The van der Waals surface area contributed by atoms with Crippen LogP contribution in [-0.4, -0.2) is 16.8 Å². The maximum atomic E-state index is 12.5. The Hall–Kier alpha value is -2.93. The summed E-state index contributed by atoms with van der Waals surface area (Å²) in [7, 11) is 0. The van der Waals surface area contributed by atoms with E-state index in [9.17, 15) is 9.59 Å². The van der Waals surface area contributed by atoms with Gasteiger partial charge in [0.15, 0.2) is 10.8 Å². The third kappa shape index (κ3) is 3.52. The van der Waals surface area contributed by atoms with Gasteiger partial charge in [-0.15, -0.1) is 11.3 Å². The molecule has 0 fully saturated rings. The Morgan fingerprint density at radius 2 is 1.88 bits per heavy atom. The molecule has 2 heterocycles. The number of hydrogen-bond acceptors (Lipinski definition) is 5. The van der Waals surface area contributed by atoms with Crippen LogP contribution < -0.4 is 10.6 Å². The Balaban J connectivity index is 1.79. The molecule has 2 N–H and O–H groups in total. The summed E-state index contributed by atoms with van der Waals surface area (Å²) in [6.07, 6.45) is 1.57. The second-order valence-electron chi connectivity index (χ2n) is 5.12. The van der Waals surface area contributed by atoms with E-state index in [1.165, 1.54) is 18.3 Å². The van der Waals surface area contributed by atoms with Crippen LogP contribution in [0.3, 0.4) is 0 Å². The lowest BCUT2D eigenvalue weighted by Gasteiger charge is -2.07. The number of furan rings is 1. The van der Waals surface area contributed by atoms with Gasteiger partial charge in [0.1, 0.15) is 5.69 Å². The molecule has 0 aliphatic carbocycles. The van der Waals surface area contributed by atoms with E-state index in [1.807, 2.05) is 6.92 Å². The average molecular weight is 341 g/mol. The summed E-state index contributed by atoms with van der Waals surface area (Å²) in [4.78, 5) is 28.7. The molecule has 0 unspecified atom stereocenters. The van der Waals surface area contributed by atoms with Crippen LogP contribution in [0.1, 0.15) is 22.3 Å². The quantitative estimate of drug-likeness (QED) is 0.753. The van der Waals surface area contributed by atoms with Crippen molar-refractivity contribution >= 4 is 34.5 Å². The smallest absolute Gasteiger partial charge is 0.275 e. The van der Waals surface area contributed by atoms with Crippen molar-refractivity contribution in [1.29, 1.82) is 0 Å². The zero-order valence-electron chi connectivity index (χ0n) is 13.1. The number of thiazole rings is 1. The van der Waals surface area contributed by atoms with Crippen LogP contribution >= 0.6 is 11.3 Å². The normalized spacial score (nSPS) is 10.4. The number of nitrogens with zero attached hydrogens (tertiary/aromatic N) is 1. The number of anilines is 2. The first-order valence-corrected chi connectivity index (χ1v) is 8.05. The zero-order chi connectivity index (χ0) is 17.1. The molecule has 7 heteroatoms. The fourth-order valence-corrected chi connectivity index (χ4v) is 3.06. The number of amides is 2. The standard InChI is InChI=1S/C17H15N3O3S/c1-10-15(20-17(24-10)14-7-4-8-23-14)16(22)19-13-6-3-5-12(9-13)18-11(2)21/h3-9H,1-2H3,(H,18,21)(H,19,22). The van der Waals surface area contributed by atoms with E-state index in [1.54, 1.807) is 42.7 Å². The minimum absolute atomic E-state index is 0.170. The van der Waals surface area contributed by atoms with Gasteiger partial charge in [-0.1, -0.05) is 6.07 Å². The highest BCUT2D eigenvalue weighted by Gasteiger charge is 2.17. The van der Waals surface area contributed by atoms with Gasteiger partial charge < -0.3 is 15.1 Å². The molecule has 6 nitrogen and oxygen atoms in total. The number of aromatic nitrogens is 1. The van der Waals surface area contributed by atoms with Crippen LogP contribution in [-0.2, 0) is 4.79 Å². The van der Waals surface area contributed by atoms with Crippen LogP contribution in [0, 0.1) is 6.92 Å². The van der Waals surface area contributed by atoms with E-state index in [-0.39, 0.29) is 11.8 Å². The Bertz CT molecular complexity index is 884. The first-order chi connectivity index (χ1) is 11.5. The zero-order valence-corrected chi connectivity index (χ0v) is 13.9. The summed E-state index contributed by atoms with van der Waals surface area (Å²) in [6, 6.07) is 10.5. The Labute approximate surface area is 142 Å². The molecule has 0 aliphatic rings. The molecule has 2 amide bonds. The van der Waals surface area contributed by atoms with Gasteiger partial charge in [0, 0.05) is 23.2 Å². The summed E-state index contributed by atoms with van der Waals surface area (Å²) in [5.74, 6) is 0.160. The molecule has 122 valence electrons. The lowest BCUT2D eigenvalue weighted by atomic mass is 10.2. The molecule has 24 heavy (non-hydrogen) atoms. The van der Waals surface area contributed by atoms with Gasteiger partial charge >= 0.3 is 0 Å². The van der Waals surface area contributed by atoms with Gasteiger partial charge in [-0.2, -0.15) is 0 Å². The third-order valence-electron chi connectivity index (χ3n) is 3.18.